The third-order valence-corrected chi connectivity index (χ3v) is 5.41. The molecule has 2 N–H and O–H groups in total. The summed E-state index contributed by atoms with van der Waals surface area (Å²) < 4.78 is 5.74. The molecule has 1 aromatic carbocycles. The van der Waals surface area contributed by atoms with Gasteiger partial charge in [-0.25, -0.2) is 4.79 Å². The standard InChI is InChI=1S/C20H19Cl2N3O4/c1-2-9-29-15-4-3-14(21)17(22)16(15)18(12-5-7-23-8-6-12)24-19(26)13-10-25(11-13)20(27)28/h2-8,13,18H,1,9-11H2,(H,24,26)(H,27,28)/t18-/m0/s1. The molecule has 1 aliphatic rings. The van der Waals surface area contributed by atoms with Crippen molar-refractivity contribution in [1.29, 1.82) is 0 Å². The molecule has 1 atom stereocenters. The molecular weight excluding hydrogens is 417 g/mol. The summed E-state index contributed by atoms with van der Waals surface area (Å²) in [5.74, 6) is -0.261. The molecule has 2 aromatic rings. The number of carboxylic acid groups (broad SMARTS) is 1. The minimum absolute atomic E-state index is 0.146. The summed E-state index contributed by atoms with van der Waals surface area (Å²) in [6, 6.07) is 6.15. The van der Waals surface area contributed by atoms with Gasteiger partial charge < -0.3 is 20.1 Å². The molecule has 0 radical (unpaired) electrons. The molecule has 2 amide bonds. The highest BCUT2D eigenvalue weighted by Gasteiger charge is 2.37. The molecule has 1 fully saturated rings. The van der Waals surface area contributed by atoms with Crippen molar-refractivity contribution in [3.05, 3.63) is 70.5 Å². The second-order valence-corrected chi connectivity index (χ2v) is 7.26. The van der Waals surface area contributed by atoms with Crippen LogP contribution >= 0.6 is 23.2 Å². The zero-order chi connectivity index (χ0) is 21.0. The number of halogens is 2. The van der Waals surface area contributed by atoms with Crippen molar-refractivity contribution < 1.29 is 19.4 Å². The quantitative estimate of drug-likeness (QED) is 0.645. The Morgan fingerprint density at radius 2 is 2.00 bits per heavy atom. The molecule has 29 heavy (non-hydrogen) atoms. The first-order valence-corrected chi connectivity index (χ1v) is 9.57. The first-order valence-electron chi connectivity index (χ1n) is 8.82. The summed E-state index contributed by atoms with van der Waals surface area (Å²) >= 11 is 12.7. The van der Waals surface area contributed by atoms with Gasteiger partial charge in [-0.2, -0.15) is 0 Å². The molecule has 0 unspecified atom stereocenters. The Hall–Kier alpha value is -2.77. The van der Waals surface area contributed by atoms with Gasteiger partial charge in [-0.1, -0.05) is 35.9 Å². The maximum absolute atomic E-state index is 12.8. The SMILES string of the molecule is C=CCOc1ccc(Cl)c(Cl)c1[C@@H](NC(=O)C1CN(C(=O)O)C1)c1ccncc1. The van der Waals surface area contributed by atoms with Crippen LogP contribution in [0.15, 0.2) is 49.3 Å². The number of likely N-dealkylation sites (tertiary alicyclic amines) is 1. The third kappa shape index (κ3) is 4.63. The van der Waals surface area contributed by atoms with Crippen LogP contribution in [0.2, 0.25) is 10.0 Å². The average molecular weight is 436 g/mol. The Bertz CT molecular complexity index is 917. The molecule has 0 saturated carbocycles. The highest BCUT2D eigenvalue weighted by Crippen LogP contribution is 2.40. The number of hydrogen-bond acceptors (Lipinski definition) is 4. The van der Waals surface area contributed by atoms with E-state index in [1.54, 1.807) is 42.7 Å². The number of ether oxygens (including phenoxy) is 1. The fourth-order valence-corrected chi connectivity index (χ4v) is 3.46. The summed E-state index contributed by atoms with van der Waals surface area (Å²) in [5.41, 5.74) is 1.24. The molecule has 152 valence electrons. The van der Waals surface area contributed by atoms with Crippen molar-refractivity contribution in [1.82, 2.24) is 15.2 Å². The first kappa shape index (κ1) is 21.0. The smallest absolute Gasteiger partial charge is 0.407 e. The molecule has 1 aromatic heterocycles. The average Bonchev–Trinajstić information content (AvgIpc) is 2.66. The van der Waals surface area contributed by atoms with Crippen molar-refractivity contribution in [2.24, 2.45) is 5.92 Å². The maximum Gasteiger partial charge on any atom is 0.407 e. The summed E-state index contributed by atoms with van der Waals surface area (Å²) in [5, 5.41) is 12.5. The van der Waals surface area contributed by atoms with Crippen molar-refractivity contribution in [2.75, 3.05) is 19.7 Å². The first-order chi connectivity index (χ1) is 13.9. The Morgan fingerprint density at radius 1 is 1.31 bits per heavy atom. The molecule has 1 aliphatic heterocycles. The lowest BCUT2D eigenvalue weighted by Crippen LogP contribution is -2.55. The second-order valence-electron chi connectivity index (χ2n) is 6.48. The number of hydrogen-bond donors (Lipinski definition) is 2. The van der Waals surface area contributed by atoms with Gasteiger partial charge in [0.25, 0.3) is 0 Å². The largest absolute Gasteiger partial charge is 0.489 e. The van der Waals surface area contributed by atoms with E-state index in [-0.39, 0.29) is 30.6 Å². The van der Waals surface area contributed by atoms with Gasteiger partial charge >= 0.3 is 6.09 Å². The van der Waals surface area contributed by atoms with Crippen LogP contribution in [0.5, 0.6) is 5.75 Å². The lowest BCUT2D eigenvalue weighted by molar-refractivity contribution is -0.129. The topological polar surface area (TPSA) is 91.8 Å². The zero-order valence-corrected chi connectivity index (χ0v) is 16.9. The molecule has 7 nitrogen and oxygen atoms in total. The van der Waals surface area contributed by atoms with Gasteiger partial charge in [0.1, 0.15) is 12.4 Å². The molecule has 0 spiro atoms. The van der Waals surface area contributed by atoms with Gasteiger partial charge in [0.15, 0.2) is 0 Å². The van der Waals surface area contributed by atoms with Crippen molar-refractivity contribution in [3.8, 4) is 5.75 Å². The number of carbonyl (C=O) groups excluding carboxylic acids is 1. The number of carbonyl (C=O) groups is 2. The number of rotatable bonds is 7. The summed E-state index contributed by atoms with van der Waals surface area (Å²) in [6.45, 7) is 4.19. The highest BCUT2D eigenvalue weighted by atomic mass is 35.5. The summed E-state index contributed by atoms with van der Waals surface area (Å²) in [7, 11) is 0. The number of nitrogens with one attached hydrogen (secondary N) is 1. The van der Waals surface area contributed by atoms with Crippen molar-refractivity contribution in [3.63, 3.8) is 0 Å². The summed E-state index contributed by atoms with van der Waals surface area (Å²) in [6.07, 6.45) is 3.76. The normalized spacial score (nSPS) is 14.6. The molecule has 1 saturated heterocycles. The predicted octanol–water partition coefficient (Wildman–Crippen LogP) is 3.77. The minimum Gasteiger partial charge on any atom is -0.489 e. The van der Waals surface area contributed by atoms with Gasteiger partial charge in [-0.15, -0.1) is 0 Å². The van der Waals surface area contributed by atoms with Crippen LogP contribution in [0, 0.1) is 5.92 Å². The van der Waals surface area contributed by atoms with E-state index >= 15 is 0 Å². The van der Waals surface area contributed by atoms with E-state index in [1.165, 1.54) is 4.90 Å². The fraction of sp³-hybridized carbons (Fsp3) is 0.250. The third-order valence-electron chi connectivity index (χ3n) is 4.59. The Labute approximate surface area is 177 Å². The number of nitrogens with zero attached hydrogens (tertiary/aromatic N) is 2. The van der Waals surface area contributed by atoms with E-state index in [9.17, 15) is 9.59 Å². The van der Waals surface area contributed by atoms with Crippen LogP contribution < -0.4 is 10.1 Å². The highest BCUT2D eigenvalue weighted by molar-refractivity contribution is 6.42. The van der Waals surface area contributed by atoms with Gasteiger partial charge in [0.05, 0.1) is 22.0 Å². The summed E-state index contributed by atoms with van der Waals surface area (Å²) in [4.78, 5) is 29.0. The zero-order valence-electron chi connectivity index (χ0n) is 15.3. The van der Waals surface area contributed by atoms with Gasteiger partial charge in [0.2, 0.25) is 5.91 Å². The van der Waals surface area contributed by atoms with Crippen molar-refractivity contribution >= 4 is 35.2 Å². The van der Waals surface area contributed by atoms with Crippen LogP contribution in [0.3, 0.4) is 0 Å². The number of aromatic nitrogens is 1. The lowest BCUT2D eigenvalue weighted by atomic mass is 9.95. The molecular formula is C20H19Cl2N3O4. The molecule has 0 aliphatic carbocycles. The fourth-order valence-electron chi connectivity index (χ4n) is 3.03. The van der Waals surface area contributed by atoms with Crippen molar-refractivity contribution in [2.45, 2.75) is 6.04 Å². The lowest BCUT2D eigenvalue weighted by Gasteiger charge is -2.37. The Morgan fingerprint density at radius 3 is 2.62 bits per heavy atom. The van der Waals surface area contributed by atoms with Crippen LogP contribution in [-0.4, -0.2) is 46.7 Å². The van der Waals surface area contributed by atoms with Crippen LogP contribution in [0.1, 0.15) is 17.2 Å². The van der Waals surface area contributed by atoms with Crippen LogP contribution in [0.25, 0.3) is 0 Å². The molecule has 0 bridgehead atoms. The Balaban J connectivity index is 1.95. The monoisotopic (exact) mass is 435 g/mol. The van der Waals surface area contributed by atoms with E-state index < -0.39 is 18.1 Å². The van der Waals surface area contributed by atoms with E-state index in [2.05, 4.69) is 16.9 Å². The molecule has 3 rings (SSSR count). The predicted molar refractivity (Wildman–Crippen MR) is 109 cm³/mol. The molecule has 2 heterocycles. The van der Waals surface area contributed by atoms with Gasteiger partial charge in [-0.3, -0.25) is 9.78 Å². The number of benzene rings is 1. The maximum atomic E-state index is 12.8. The van der Waals surface area contributed by atoms with Crippen LogP contribution in [-0.2, 0) is 4.79 Å². The van der Waals surface area contributed by atoms with Gasteiger partial charge in [-0.05, 0) is 29.8 Å². The van der Waals surface area contributed by atoms with E-state index in [0.717, 1.165) is 5.56 Å². The van der Waals surface area contributed by atoms with Crippen LogP contribution in [0.4, 0.5) is 4.79 Å². The second kappa shape index (κ2) is 9.15. The molecule has 9 heteroatoms. The number of amides is 2. The van der Waals surface area contributed by atoms with Gasteiger partial charge in [0, 0.05) is 31.0 Å². The Kier molecular flexibility index (Phi) is 6.61. The minimum atomic E-state index is -1.04. The van der Waals surface area contributed by atoms with E-state index in [0.29, 0.717) is 16.3 Å². The van der Waals surface area contributed by atoms with E-state index in [4.69, 9.17) is 33.0 Å². The number of pyridine rings is 1. The van der Waals surface area contributed by atoms with E-state index in [1.807, 2.05) is 0 Å².